The Morgan fingerprint density at radius 1 is 1.14 bits per heavy atom. The molecule has 0 radical (unpaired) electrons. The molecule has 2 rings (SSSR count). The summed E-state index contributed by atoms with van der Waals surface area (Å²) < 4.78 is 7.36. The Balaban J connectivity index is 2.38. The van der Waals surface area contributed by atoms with E-state index in [-0.39, 0.29) is 5.56 Å². The van der Waals surface area contributed by atoms with Crippen molar-refractivity contribution in [2.45, 2.75) is 26.8 Å². The van der Waals surface area contributed by atoms with Gasteiger partial charge in [-0.3, -0.25) is 4.79 Å². The lowest BCUT2D eigenvalue weighted by Gasteiger charge is -2.14. The summed E-state index contributed by atoms with van der Waals surface area (Å²) >= 11 is 0. The molecule has 0 spiro atoms. The van der Waals surface area contributed by atoms with Gasteiger partial charge in [0.15, 0.2) is 0 Å². The highest BCUT2D eigenvalue weighted by Crippen LogP contribution is 2.28. The molecule has 0 amide bonds. The minimum Gasteiger partial charge on any atom is -0.493 e. The average Bonchev–Trinajstić information content (AvgIpc) is 2.53. The van der Waals surface area contributed by atoms with E-state index in [9.17, 15) is 4.79 Å². The van der Waals surface area contributed by atoms with E-state index in [2.05, 4.69) is 12.2 Å². The van der Waals surface area contributed by atoms with Crippen LogP contribution in [0, 0.1) is 0 Å². The summed E-state index contributed by atoms with van der Waals surface area (Å²) in [5.74, 6) is 0.803. The topological polar surface area (TPSA) is 43.3 Å². The highest BCUT2D eigenvalue weighted by Gasteiger charge is 2.11. The van der Waals surface area contributed by atoms with Crippen LogP contribution in [0.1, 0.15) is 25.8 Å². The second kappa shape index (κ2) is 7.80. The molecule has 1 aromatic heterocycles. The summed E-state index contributed by atoms with van der Waals surface area (Å²) in [6, 6.07) is 11.7. The van der Waals surface area contributed by atoms with E-state index in [0.29, 0.717) is 13.2 Å². The fourth-order valence-corrected chi connectivity index (χ4v) is 2.45. The Labute approximate surface area is 131 Å². The van der Waals surface area contributed by atoms with Crippen molar-refractivity contribution in [3.8, 4) is 17.0 Å². The summed E-state index contributed by atoms with van der Waals surface area (Å²) in [6.07, 6.45) is 1.06. The SMILES string of the molecule is CCCNCc1ccc(-c2ccccc2OCC)n(C)c1=O. The van der Waals surface area contributed by atoms with Crippen LogP contribution in [0.25, 0.3) is 11.3 Å². The first-order chi connectivity index (χ1) is 10.7. The number of para-hydroxylation sites is 1. The van der Waals surface area contributed by atoms with Crippen LogP contribution in [0.2, 0.25) is 0 Å². The van der Waals surface area contributed by atoms with Crippen molar-refractivity contribution in [1.29, 1.82) is 0 Å². The molecule has 0 saturated carbocycles. The molecule has 2 aromatic rings. The Kier molecular flexibility index (Phi) is 5.78. The van der Waals surface area contributed by atoms with Gasteiger partial charge in [0.25, 0.3) is 5.56 Å². The minimum atomic E-state index is 0.0346. The first-order valence-corrected chi connectivity index (χ1v) is 7.80. The average molecular weight is 300 g/mol. The lowest BCUT2D eigenvalue weighted by Crippen LogP contribution is -2.26. The molecule has 4 nitrogen and oxygen atoms in total. The van der Waals surface area contributed by atoms with Crippen molar-refractivity contribution in [3.63, 3.8) is 0 Å². The predicted octanol–water partition coefficient (Wildman–Crippen LogP) is 2.95. The van der Waals surface area contributed by atoms with Gasteiger partial charge in [-0.15, -0.1) is 0 Å². The van der Waals surface area contributed by atoms with Gasteiger partial charge >= 0.3 is 0 Å². The molecule has 4 heteroatoms. The van der Waals surface area contributed by atoms with Crippen molar-refractivity contribution in [2.24, 2.45) is 7.05 Å². The summed E-state index contributed by atoms with van der Waals surface area (Å²) in [6.45, 7) is 6.19. The van der Waals surface area contributed by atoms with E-state index < -0.39 is 0 Å². The van der Waals surface area contributed by atoms with Gasteiger partial charge in [-0.25, -0.2) is 0 Å². The third-order valence-corrected chi connectivity index (χ3v) is 3.59. The van der Waals surface area contributed by atoms with Crippen molar-refractivity contribution < 1.29 is 4.74 Å². The molecular formula is C18H24N2O2. The second-order valence-electron chi connectivity index (χ2n) is 5.21. The van der Waals surface area contributed by atoms with E-state index >= 15 is 0 Å². The normalized spacial score (nSPS) is 10.7. The number of aromatic nitrogens is 1. The number of pyridine rings is 1. The highest BCUT2D eigenvalue weighted by atomic mass is 16.5. The number of benzene rings is 1. The minimum absolute atomic E-state index is 0.0346. The number of hydrogen-bond acceptors (Lipinski definition) is 3. The van der Waals surface area contributed by atoms with E-state index in [1.54, 1.807) is 4.57 Å². The van der Waals surface area contributed by atoms with Crippen LogP contribution in [-0.4, -0.2) is 17.7 Å². The molecule has 0 aliphatic heterocycles. The van der Waals surface area contributed by atoms with Gasteiger partial charge in [-0.1, -0.05) is 25.1 Å². The van der Waals surface area contributed by atoms with E-state index in [1.165, 1.54) is 0 Å². The molecule has 0 aliphatic carbocycles. The molecule has 0 fully saturated rings. The number of nitrogens with zero attached hydrogens (tertiary/aromatic N) is 1. The van der Waals surface area contributed by atoms with Crippen LogP contribution in [0.15, 0.2) is 41.2 Å². The first kappa shape index (κ1) is 16.3. The summed E-state index contributed by atoms with van der Waals surface area (Å²) in [4.78, 5) is 12.5. The van der Waals surface area contributed by atoms with Crippen molar-refractivity contribution >= 4 is 0 Å². The lowest BCUT2D eigenvalue weighted by molar-refractivity contribution is 0.341. The Morgan fingerprint density at radius 2 is 1.91 bits per heavy atom. The zero-order valence-electron chi connectivity index (χ0n) is 13.6. The van der Waals surface area contributed by atoms with Crippen LogP contribution < -0.4 is 15.6 Å². The van der Waals surface area contributed by atoms with Gasteiger partial charge in [0, 0.05) is 24.7 Å². The third kappa shape index (κ3) is 3.57. The number of ether oxygens (including phenoxy) is 1. The van der Waals surface area contributed by atoms with Crippen LogP contribution in [0.5, 0.6) is 5.75 Å². The number of nitrogens with one attached hydrogen (secondary N) is 1. The quantitative estimate of drug-likeness (QED) is 0.800. The van der Waals surface area contributed by atoms with E-state index in [1.807, 2.05) is 50.4 Å². The highest BCUT2D eigenvalue weighted by molar-refractivity contribution is 5.67. The summed E-state index contributed by atoms with van der Waals surface area (Å²) in [5, 5.41) is 3.27. The van der Waals surface area contributed by atoms with Crippen LogP contribution >= 0.6 is 0 Å². The fraction of sp³-hybridized carbons (Fsp3) is 0.389. The predicted molar refractivity (Wildman–Crippen MR) is 90.3 cm³/mol. The van der Waals surface area contributed by atoms with Gasteiger partial charge in [0.05, 0.1) is 12.3 Å². The Morgan fingerprint density at radius 3 is 2.64 bits per heavy atom. The van der Waals surface area contributed by atoms with E-state index in [4.69, 9.17) is 4.74 Å². The number of rotatable bonds is 7. The van der Waals surface area contributed by atoms with Crippen molar-refractivity contribution in [3.05, 3.63) is 52.3 Å². The smallest absolute Gasteiger partial charge is 0.255 e. The Hall–Kier alpha value is -2.07. The third-order valence-electron chi connectivity index (χ3n) is 3.59. The number of hydrogen-bond donors (Lipinski definition) is 1. The molecule has 1 aromatic carbocycles. The maximum absolute atomic E-state index is 12.5. The van der Waals surface area contributed by atoms with Gasteiger partial charge in [0.1, 0.15) is 5.75 Å². The van der Waals surface area contributed by atoms with Crippen LogP contribution in [-0.2, 0) is 13.6 Å². The largest absolute Gasteiger partial charge is 0.493 e. The summed E-state index contributed by atoms with van der Waals surface area (Å²) in [5.41, 5.74) is 2.63. The van der Waals surface area contributed by atoms with Crippen LogP contribution in [0.4, 0.5) is 0 Å². The standard InChI is InChI=1S/C18H24N2O2/c1-4-12-19-13-14-10-11-16(20(3)18(14)21)15-8-6-7-9-17(15)22-5-2/h6-11,19H,4-5,12-13H2,1-3H3. The molecule has 118 valence electrons. The second-order valence-corrected chi connectivity index (χ2v) is 5.21. The maximum Gasteiger partial charge on any atom is 0.255 e. The van der Waals surface area contributed by atoms with Gasteiger partial charge in [0.2, 0.25) is 0 Å². The molecule has 0 unspecified atom stereocenters. The molecule has 1 N–H and O–H groups in total. The van der Waals surface area contributed by atoms with Gasteiger partial charge < -0.3 is 14.6 Å². The molecule has 1 heterocycles. The first-order valence-electron chi connectivity index (χ1n) is 7.80. The van der Waals surface area contributed by atoms with E-state index in [0.717, 1.165) is 35.5 Å². The van der Waals surface area contributed by atoms with Crippen molar-refractivity contribution in [1.82, 2.24) is 9.88 Å². The van der Waals surface area contributed by atoms with Gasteiger partial charge in [-0.05, 0) is 38.1 Å². The van der Waals surface area contributed by atoms with Crippen molar-refractivity contribution in [2.75, 3.05) is 13.2 Å². The zero-order valence-corrected chi connectivity index (χ0v) is 13.6. The maximum atomic E-state index is 12.5. The molecule has 0 aliphatic rings. The zero-order chi connectivity index (χ0) is 15.9. The van der Waals surface area contributed by atoms with Crippen LogP contribution in [0.3, 0.4) is 0 Å². The molecular weight excluding hydrogens is 276 g/mol. The molecule has 22 heavy (non-hydrogen) atoms. The van der Waals surface area contributed by atoms with Gasteiger partial charge in [-0.2, -0.15) is 0 Å². The summed E-state index contributed by atoms with van der Waals surface area (Å²) in [7, 11) is 1.81. The fourth-order valence-electron chi connectivity index (χ4n) is 2.45. The molecule has 0 saturated heterocycles. The Bertz CT molecular complexity index is 677. The monoisotopic (exact) mass is 300 g/mol. The molecule has 0 bridgehead atoms. The lowest BCUT2D eigenvalue weighted by atomic mass is 10.1. The molecule has 0 atom stereocenters.